The van der Waals surface area contributed by atoms with E-state index in [0.29, 0.717) is 17.7 Å². The number of benzene rings is 1. The van der Waals surface area contributed by atoms with Crippen LogP contribution >= 0.6 is 0 Å². The lowest BCUT2D eigenvalue weighted by molar-refractivity contribution is -0.0453. The fourth-order valence-electron chi connectivity index (χ4n) is 5.24. The minimum absolute atomic E-state index is 0. The Hall–Kier alpha value is -1.64. The van der Waals surface area contributed by atoms with Gasteiger partial charge in [0.1, 0.15) is 12.2 Å². The maximum absolute atomic E-state index is 10.4. The highest BCUT2D eigenvalue weighted by atomic mass is 16.5. The fraction of sp³-hybridized carbons (Fsp3) is 0.529. The average Bonchev–Trinajstić information content (AvgIpc) is 2.83. The Labute approximate surface area is 140 Å². The first-order valence-corrected chi connectivity index (χ1v) is 7.71. The molecule has 1 spiro atoms. The largest absolute Gasteiger partial charge is 0.504 e. The molecule has 1 aromatic carbocycles. The Kier molecular flexibility index (Phi) is 4.45. The van der Waals surface area contributed by atoms with E-state index in [4.69, 9.17) is 4.74 Å². The average molecular weight is 339 g/mol. The molecular weight excluding hydrogens is 314 g/mol. The molecule has 0 aromatic heterocycles. The van der Waals surface area contributed by atoms with E-state index >= 15 is 0 Å². The third-order valence-corrected chi connectivity index (χ3v) is 6.15. The lowest BCUT2D eigenvalue weighted by atomic mass is 9.53. The van der Waals surface area contributed by atoms with E-state index in [1.807, 2.05) is 12.1 Å². The van der Waals surface area contributed by atoms with Crippen LogP contribution < -0.4 is 4.74 Å². The number of phenols is 1. The van der Waals surface area contributed by atoms with Gasteiger partial charge in [-0.05, 0) is 38.1 Å². The number of likely N-dealkylation sites (N-methyl/N-ethyl adjacent to an activating group) is 1. The minimum Gasteiger partial charge on any atom is -0.504 e. The second kappa shape index (κ2) is 5.72. The molecule has 4 aliphatic rings. The van der Waals surface area contributed by atoms with Gasteiger partial charge in [-0.15, -0.1) is 0 Å². The molecule has 2 aliphatic heterocycles. The number of hydrogen-bond acceptors (Lipinski definition) is 4. The van der Waals surface area contributed by atoms with Crippen LogP contribution in [0, 0.1) is 5.92 Å². The van der Waals surface area contributed by atoms with E-state index in [9.17, 15) is 10.2 Å². The number of aromatic hydroxyl groups is 1. The summed E-state index contributed by atoms with van der Waals surface area (Å²) in [7, 11) is 2.19. The van der Waals surface area contributed by atoms with Crippen molar-refractivity contribution in [1.82, 2.24) is 4.90 Å². The quantitative estimate of drug-likeness (QED) is 0.567. The Bertz CT molecular complexity index is 677. The summed E-state index contributed by atoms with van der Waals surface area (Å²) in [5.74, 6) is 1.19. The molecule has 134 valence electrons. The smallest absolute Gasteiger partial charge is 0.165 e. The number of aliphatic hydroxyl groups is 1. The fourth-order valence-corrected chi connectivity index (χ4v) is 5.24. The zero-order valence-electron chi connectivity index (χ0n) is 13.5. The first-order chi connectivity index (χ1) is 10.1. The number of phenolic OH excluding ortho intramolecular Hbond substituents is 1. The van der Waals surface area contributed by atoms with Crippen molar-refractivity contribution in [3.8, 4) is 11.5 Å². The van der Waals surface area contributed by atoms with Crippen LogP contribution in [0.5, 0.6) is 11.5 Å². The van der Waals surface area contributed by atoms with Gasteiger partial charge in [-0.25, -0.2) is 0 Å². The van der Waals surface area contributed by atoms with E-state index in [1.54, 1.807) is 6.07 Å². The predicted molar refractivity (Wildman–Crippen MR) is 88.4 cm³/mol. The molecule has 1 fully saturated rings. The standard InChI is InChI=1S/C17H19NO3.3H2O/c1-18-7-6-17-10-3-5-13(20)16(17)21-15-12(19)4-2-9(14(15)17)8-11(10)18;;;/h2-5,10-11,13,16,19-20H,6-8H2,1H3;3*1H2/t10-,11+,13-,16-,17-;;;/m0.../s1. The Balaban J connectivity index is 0.000000694. The summed E-state index contributed by atoms with van der Waals surface area (Å²) in [6.45, 7) is 1.01. The molecule has 7 heteroatoms. The van der Waals surface area contributed by atoms with Crippen molar-refractivity contribution in [2.45, 2.75) is 36.5 Å². The van der Waals surface area contributed by atoms with Gasteiger partial charge in [-0.1, -0.05) is 18.2 Å². The second-order valence-corrected chi connectivity index (χ2v) is 6.93. The third kappa shape index (κ3) is 1.84. The van der Waals surface area contributed by atoms with Crippen LogP contribution in [0.1, 0.15) is 17.5 Å². The van der Waals surface area contributed by atoms with Crippen LogP contribution in [0.25, 0.3) is 0 Å². The number of rotatable bonds is 0. The van der Waals surface area contributed by atoms with Crippen molar-refractivity contribution in [1.29, 1.82) is 0 Å². The number of likely N-dealkylation sites (tertiary alicyclic amines) is 1. The van der Waals surface area contributed by atoms with Crippen molar-refractivity contribution in [2.75, 3.05) is 13.6 Å². The molecular formula is C17H25NO6. The lowest BCUT2D eigenvalue weighted by Gasteiger charge is -2.56. The zero-order valence-corrected chi connectivity index (χ0v) is 13.5. The molecule has 0 radical (unpaired) electrons. The lowest BCUT2D eigenvalue weighted by Crippen LogP contribution is -2.64. The topological polar surface area (TPSA) is 147 Å². The molecule has 0 saturated carbocycles. The van der Waals surface area contributed by atoms with Crippen LogP contribution in [0.2, 0.25) is 0 Å². The number of hydrogen-bond donors (Lipinski definition) is 2. The van der Waals surface area contributed by atoms with Crippen molar-refractivity contribution < 1.29 is 31.4 Å². The van der Waals surface area contributed by atoms with Crippen molar-refractivity contribution in [3.05, 3.63) is 35.4 Å². The van der Waals surface area contributed by atoms with Gasteiger partial charge in [0.15, 0.2) is 11.5 Å². The maximum atomic E-state index is 10.4. The van der Waals surface area contributed by atoms with Gasteiger partial charge in [0.25, 0.3) is 0 Å². The molecule has 0 unspecified atom stereocenters. The normalized spacial score (nSPS) is 37.2. The van der Waals surface area contributed by atoms with Crippen LogP contribution in [-0.4, -0.2) is 63.4 Å². The molecule has 2 bridgehead atoms. The van der Waals surface area contributed by atoms with E-state index in [2.05, 4.69) is 18.0 Å². The summed E-state index contributed by atoms with van der Waals surface area (Å²) in [5, 5.41) is 20.6. The maximum Gasteiger partial charge on any atom is 0.165 e. The molecule has 5 rings (SSSR count). The molecule has 24 heavy (non-hydrogen) atoms. The van der Waals surface area contributed by atoms with Crippen LogP contribution in [0.15, 0.2) is 24.3 Å². The summed E-state index contributed by atoms with van der Waals surface area (Å²) in [5.41, 5.74) is 2.29. The SMILES string of the molecule is CN1CC[C@]23c4c5ccc(O)c4O[C@H]2[C@@H](O)C=C[C@H]3[C@H]1C5.O.O.O. The highest BCUT2D eigenvalue weighted by molar-refractivity contribution is 5.61. The van der Waals surface area contributed by atoms with Crippen molar-refractivity contribution in [2.24, 2.45) is 5.92 Å². The summed E-state index contributed by atoms with van der Waals surface area (Å²) >= 11 is 0. The monoisotopic (exact) mass is 339 g/mol. The molecule has 7 nitrogen and oxygen atoms in total. The van der Waals surface area contributed by atoms with Crippen LogP contribution in [0.3, 0.4) is 0 Å². The van der Waals surface area contributed by atoms with Gasteiger partial charge in [0, 0.05) is 22.9 Å². The number of ether oxygens (including phenoxy) is 1. The molecule has 2 heterocycles. The summed E-state index contributed by atoms with van der Waals surface area (Å²) < 4.78 is 6.09. The highest BCUT2D eigenvalue weighted by Crippen LogP contribution is 2.62. The Morgan fingerprint density at radius 1 is 1.21 bits per heavy atom. The third-order valence-electron chi connectivity index (χ3n) is 6.15. The Morgan fingerprint density at radius 3 is 2.71 bits per heavy atom. The second-order valence-electron chi connectivity index (χ2n) is 6.93. The zero-order chi connectivity index (χ0) is 14.4. The van der Waals surface area contributed by atoms with Gasteiger partial charge in [0.05, 0.1) is 0 Å². The molecule has 1 saturated heterocycles. The van der Waals surface area contributed by atoms with E-state index < -0.39 is 6.10 Å². The molecule has 1 aromatic rings. The number of aliphatic hydroxyl groups excluding tert-OH is 1. The predicted octanol–water partition coefficient (Wildman–Crippen LogP) is -1.28. The van der Waals surface area contributed by atoms with E-state index in [0.717, 1.165) is 19.4 Å². The van der Waals surface area contributed by atoms with Crippen LogP contribution in [-0.2, 0) is 11.8 Å². The van der Waals surface area contributed by atoms with Gasteiger partial charge in [-0.3, -0.25) is 0 Å². The minimum atomic E-state index is -0.594. The van der Waals surface area contributed by atoms with Crippen molar-refractivity contribution in [3.63, 3.8) is 0 Å². The Morgan fingerprint density at radius 2 is 1.96 bits per heavy atom. The molecule has 8 N–H and O–H groups in total. The summed E-state index contributed by atoms with van der Waals surface area (Å²) in [6.07, 6.45) is 5.18. The first kappa shape index (κ1) is 18.7. The van der Waals surface area contributed by atoms with Gasteiger partial charge < -0.3 is 36.3 Å². The highest BCUT2D eigenvalue weighted by Gasteiger charge is 2.64. The number of piperidine rings is 1. The van der Waals surface area contributed by atoms with Crippen molar-refractivity contribution >= 4 is 0 Å². The van der Waals surface area contributed by atoms with Gasteiger partial charge in [-0.2, -0.15) is 0 Å². The molecule has 0 amide bonds. The summed E-state index contributed by atoms with van der Waals surface area (Å²) in [6, 6.07) is 4.23. The molecule has 5 atom stereocenters. The van der Waals surface area contributed by atoms with Gasteiger partial charge in [0.2, 0.25) is 0 Å². The molecule has 2 aliphatic carbocycles. The number of nitrogens with zero attached hydrogens (tertiary/aromatic N) is 1. The summed E-state index contributed by atoms with van der Waals surface area (Å²) in [4.78, 5) is 2.43. The van der Waals surface area contributed by atoms with E-state index in [1.165, 1.54) is 11.1 Å². The van der Waals surface area contributed by atoms with E-state index in [-0.39, 0.29) is 33.7 Å². The van der Waals surface area contributed by atoms with Crippen LogP contribution in [0.4, 0.5) is 0 Å². The van der Waals surface area contributed by atoms with Gasteiger partial charge >= 0.3 is 0 Å². The first-order valence-electron chi connectivity index (χ1n) is 7.71.